The lowest BCUT2D eigenvalue weighted by Crippen LogP contribution is -2.35. The third-order valence-corrected chi connectivity index (χ3v) is 3.61. The van der Waals surface area contributed by atoms with Crippen molar-refractivity contribution in [1.29, 1.82) is 0 Å². The van der Waals surface area contributed by atoms with Gasteiger partial charge in [-0.2, -0.15) is 0 Å². The number of β-amino-alcohol motifs (C(OH)–C–C–N with tert-alkyl or cyclic N) is 1. The largest absolute Gasteiger partial charge is 0.392 e. The molecule has 0 aliphatic carbocycles. The Morgan fingerprint density at radius 1 is 1.33 bits per heavy atom. The van der Waals surface area contributed by atoms with Gasteiger partial charge in [0.05, 0.1) is 12.1 Å². The molecule has 0 bridgehead atoms. The van der Waals surface area contributed by atoms with E-state index < -0.39 is 6.10 Å². The number of benzene rings is 1. The van der Waals surface area contributed by atoms with Crippen LogP contribution < -0.4 is 16.0 Å². The van der Waals surface area contributed by atoms with Crippen molar-refractivity contribution in [3.8, 4) is 0 Å². The smallest absolute Gasteiger partial charge is 0.241 e. The van der Waals surface area contributed by atoms with Crippen molar-refractivity contribution in [2.45, 2.75) is 38.8 Å². The predicted octanol–water partition coefficient (Wildman–Crippen LogP) is 1.00. The minimum Gasteiger partial charge on any atom is -0.392 e. The van der Waals surface area contributed by atoms with Gasteiger partial charge in [0.25, 0.3) is 0 Å². The first kappa shape index (κ1) is 15.5. The number of hydrogen-bond acceptors (Lipinski definition) is 4. The molecule has 4 N–H and O–H groups in total. The maximum Gasteiger partial charge on any atom is 0.241 e. The summed E-state index contributed by atoms with van der Waals surface area (Å²) < 4.78 is 0. The molecule has 6 nitrogen and oxygen atoms in total. The van der Waals surface area contributed by atoms with E-state index in [0.717, 1.165) is 5.56 Å². The number of amides is 2. The van der Waals surface area contributed by atoms with Gasteiger partial charge in [-0.25, -0.2) is 0 Å². The van der Waals surface area contributed by atoms with Crippen LogP contribution in [-0.4, -0.2) is 35.6 Å². The van der Waals surface area contributed by atoms with Gasteiger partial charge in [-0.15, -0.1) is 0 Å². The molecule has 0 aromatic heterocycles. The lowest BCUT2D eigenvalue weighted by molar-refractivity contribution is -0.118. The van der Waals surface area contributed by atoms with Crippen molar-refractivity contribution in [3.63, 3.8) is 0 Å². The highest BCUT2D eigenvalue weighted by Crippen LogP contribution is 2.24. The monoisotopic (exact) mass is 291 g/mol. The Morgan fingerprint density at radius 3 is 2.57 bits per heavy atom. The third kappa shape index (κ3) is 3.80. The molecule has 2 unspecified atom stereocenters. The van der Waals surface area contributed by atoms with Crippen LogP contribution in [0.2, 0.25) is 0 Å². The molecule has 114 valence electrons. The summed E-state index contributed by atoms with van der Waals surface area (Å²) in [5, 5.41) is 18.1. The summed E-state index contributed by atoms with van der Waals surface area (Å²) in [4.78, 5) is 23.6. The van der Waals surface area contributed by atoms with E-state index in [4.69, 9.17) is 0 Å². The van der Waals surface area contributed by atoms with Crippen LogP contribution in [0.5, 0.6) is 0 Å². The number of aliphatic hydroxyl groups excluding tert-OH is 1. The van der Waals surface area contributed by atoms with Gasteiger partial charge < -0.3 is 21.1 Å². The molecule has 1 fully saturated rings. The third-order valence-electron chi connectivity index (χ3n) is 3.61. The van der Waals surface area contributed by atoms with Crippen molar-refractivity contribution >= 4 is 23.2 Å². The Bertz CT molecular complexity index is 545. The first-order valence-corrected chi connectivity index (χ1v) is 7.13. The zero-order valence-corrected chi connectivity index (χ0v) is 12.3. The maximum atomic E-state index is 12.1. The maximum absolute atomic E-state index is 12.1. The normalized spacial score (nSPS) is 21.1. The van der Waals surface area contributed by atoms with Crippen molar-refractivity contribution in [2.75, 3.05) is 17.2 Å². The summed E-state index contributed by atoms with van der Waals surface area (Å²) in [5.74, 6) is -0.240. The zero-order valence-electron chi connectivity index (χ0n) is 12.3. The Morgan fingerprint density at radius 2 is 2.00 bits per heavy atom. The summed E-state index contributed by atoms with van der Waals surface area (Å²) in [6.07, 6.45) is 0.342. The molecule has 2 rings (SSSR count). The van der Waals surface area contributed by atoms with Gasteiger partial charge in [0.2, 0.25) is 11.8 Å². The first-order chi connectivity index (χ1) is 10.0. The van der Waals surface area contributed by atoms with Crippen molar-refractivity contribution in [1.82, 2.24) is 5.32 Å². The van der Waals surface area contributed by atoms with Crippen LogP contribution in [0, 0.1) is 6.92 Å². The summed E-state index contributed by atoms with van der Waals surface area (Å²) in [5.41, 5.74) is 2.17. The minimum absolute atomic E-state index is 0.0674. The highest BCUT2D eigenvalue weighted by atomic mass is 16.3. The topological polar surface area (TPSA) is 90.5 Å². The van der Waals surface area contributed by atoms with Crippen LogP contribution in [0.1, 0.15) is 25.3 Å². The van der Waals surface area contributed by atoms with Gasteiger partial charge in [0, 0.05) is 24.3 Å². The number of nitrogens with one attached hydrogen (secondary N) is 3. The number of rotatable bonds is 4. The highest BCUT2D eigenvalue weighted by Gasteiger charge is 2.28. The molecule has 2 atom stereocenters. The molecular weight excluding hydrogens is 270 g/mol. The number of carbonyl (C=O) groups is 2. The summed E-state index contributed by atoms with van der Waals surface area (Å²) in [6.45, 7) is 4.06. The molecule has 6 heteroatoms. The summed E-state index contributed by atoms with van der Waals surface area (Å²) in [7, 11) is 0. The van der Waals surface area contributed by atoms with Gasteiger partial charge >= 0.3 is 0 Å². The molecule has 0 radical (unpaired) electrons. The Balaban J connectivity index is 2.08. The molecule has 1 aliphatic heterocycles. The molecule has 1 heterocycles. The minimum atomic E-state index is -0.475. The van der Waals surface area contributed by atoms with Crippen LogP contribution in [0.3, 0.4) is 0 Å². The van der Waals surface area contributed by atoms with E-state index in [0.29, 0.717) is 30.8 Å². The van der Waals surface area contributed by atoms with Gasteiger partial charge in [-0.3, -0.25) is 9.59 Å². The van der Waals surface area contributed by atoms with Crippen LogP contribution in [0.4, 0.5) is 11.4 Å². The zero-order chi connectivity index (χ0) is 15.4. The average molecular weight is 291 g/mol. The fourth-order valence-corrected chi connectivity index (χ4v) is 2.28. The Hall–Kier alpha value is -1.92. The van der Waals surface area contributed by atoms with E-state index in [1.165, 1.54) is 0 Å². The quantitative estimate of drug-likeness (QED) is 0.666. The second kappa shape index (κ2) is 6.69. The van der Waals surface area contributed by atoms with E-state index in [1.54, 1.807) is 25.1 Å². The van der Waals surface area contributed by atoms with Gasteiger partial charge in [0.1, 0.15) is 0 Å². The molecule has 0 saturated carbocycles. The molecule has 0 spiro atoms. The van der Waals surface area contributed by atoms with Crippen molar-refractivity contribution < 1.29 is 14.7 Å². The van der Waals surface area contributed by atoms with E-state index in [2.05, 4.69) is 16.0 Å². The Kier molecular flexibility index (Phi) is 4.93. The number of carbonyl (C=O) groups excluding carboxylic acids is 2. The molecule has 1 aliphatic rings. The lowest BCUT2D eigenvalue weighted by atomic mass is 10.1. The Labute approximate surface area is 123 Å². The van der Waals surface area contributed by atoms with Gasteiger partial charge in [-0.1, -0.05) is 13.0 Å². The number of aliphatic hydroxyl groups is 1. The first-order valence-electron chi connectivity index (χ1n) is 7.13. The molecule has 1 saturated heterocycles. The van der Waals surface area contributed by atoms with E-state index >= 15 is 0 Å². The molecule has 2 amide bonds. The van der Waals surface area contributed by atoms with Gasteiger partial charge in [-0.05, 0) is 31.0 Å². The summed E-state index contributed by atoms with van der Waals surface area (Å²) in [6, 6.07) is 4.99. The average Bonchev–Trinajstić information content (AvgIpc) is 2.89. The summed E-state index contributed by atoms with van der Waals surface area (Å²) >= 11 is 0. The van der Waals surface area contributed by atoms with Crippen LogP contribution in [0.15, 0.2) is 18.2 Å². The standard InChI is InChI=1S/C15H21N3O3/c1-3-14(20)17-11-5-4-6-12(9(11)2)18-15(21)13-7-10(19)8-16-13/h4-6,10,13,16,19H,3,7-8H2,1-2H3,(H,17,20)(H,18,21). The molecular formula is C15H21N3O3. The van der Waals surface area contributed by atoms with Gasteiger partial charge in [0.15, 0.2) is 0 Å². The molecule has 21 heavy (non-hydrogen) atoms. The van der Waals surface area contributed by atoms with Crippen molar-refractivity contribution in [3.05, 3.63) is 23.8 Å². The van der Waals surface area contributed by atoms with E-state index in [-0.39, 0.29) is 17.9 Å². The lowest BCUT2D eigenvalue weighted by Gasteiger charge is -2.15. The van der Waals surface area contributed by atoms with Crippen LogP contribution >= 0.6 is 0 Å². The van der Waals surface area contributed by atoms with E-state index in [1.807, 2.05) is 6.92 Å². The van der Waals surface area contributed by atoms with Crippen LogP contribution in [0.25, 0.3) is 0 Å². The SMILES string of the molecule is CCC(=O)Nc1cccc(NC(=O)C2CC(O)CN2)c1C. The predicted molar refractivity (Wildman–Crippen MR) is 81.1 cm³/mol. The van der Waals surface area contributed by atoms with Crippen LogP contribution in [-0.2, 0) is 9.59 Å². The van der Waals surface area contributed by atoms with Crippen molar-refractivity contribution in [2.24, 2.45) is 0 Å². The number of hydrogen-bond donors (Lipinski definition) is 4. The second-order valence-corrected chi connectivity index (χ2v) is 5.22. The molecule has 1 aromatic carbocycles. The fourth-order valence-electron chi connectivity index (χ4n) is 2.28. The molecule has 1 aromatic rings. The second-order valence-electron chi connectivity index (χ2n) is 5.22. The number of anilines is 2. The van der Waals surface area contributed by atoms with E-state index in [9.17, 15) is 14.7 Å². The fraction of sp³-hybridized carbons (Fsp3) is 0.467. The highest BCUT2D eigenvalue weighted by molar-refractivity contribution is 5.98.